The summed E-state index contributed by atoms with van der Waals surface area (Å²) in [5, 5.41) is 4.19. The van der Waals surface area contributed by atoms with E-state index in [9.17, 15) is 4.79 Å². The molecule has 2 aliphatic rings. The van der Waals surface area contributed by atoms with Crippen molar-refractivity contribution in [1.29, 1.82) is 0 Å². The molecule has 96 valence electrons. The van der Waals surface area contributed by atoms with Gasteiger partial charge < -0.3 is 0 Å². The van der Waals surface area contributed by atoms with Gasteiger partial charge in [0.25, 0.3) is 0 Å². The maximum atomic E-state index is 12.8. The molecule has 4 heteroatoms. The van der Waals surface area contributed by atoms with Gasteiger partial charge in [0.15, 0.2) is 0 Å². The fourth-order valence-corrected chi connectivity index (χ4v) is 3.19. The lowest BCUT2D eigenvalue weighted by atomic mass is 9.96. The number of hydrogen-bond acceptors (Lipinski definition) is 2. The Morgan fingerprint density at radius 3 is 2.68 bits per heavy atom. The van der Waals surface area contributed by atoms with Gasteiger partial charge in [-0.15, -0.1) is 0 Å². The monoisotopic (exact) mass is 253 g/mol. The molecule has 2 aromatic rings. The highest BCUT2D eigenvalue weighted by atomic mass is 16.2. The van der Waals surface area contributed by atoms with Crippen molar-refractivity contribution in [1.82, 2.24) is 9.78 Å². The van der Waals surface area contributed by atoms with Crippen molar-refractivity contribution in [3.63, 3.8) is 0 Å². The van der Waals surface area contributed by atoms with Gasteiger partial charge in [-0.3, -0.25) is 14.4 Å². The average Bonchev–Trinajstić information content (AvgIpc) is 3.04. The van der Waals surface area contributed by atoms with E-state index in [-0.39, 0.29) is 11.3 Å². The van der Waals surface area contributed by atoms with Gasteiger partial charge in [-0.25, -0.2) is 0 Å². The Hall–Kier alpha value is -2.10. The first-order valence-electron chi connectivity index (χ1n) is 6.58. The standard InChI is InChI=1S/C15H15N3O/c1-10-4-3-5-11-13(10)18(12-6-9-16-17(12)2)14(19)15(11)7-8-15/h3-6,9H,7-8H2,1-2H3. The Labute approximate surface area is 111 Å². The molecular weight excluding hydrogens is 238 g/mol. The number of rotatable bonds is 1. The third-order valence-corrected chi connectivity index (χ3v) is 4.36. The van der Waals surface area contributed by atoms with Crippen LogP contribution in [0.15, 0.2) is 30.5 Å². The highest BCUT2D eigenvalue weighted by Gasteiger charge is 2.60. The number of fused-ring (bicyclic) bond motifs is 2. The van der Waals surface area contributed by atoms with Crippen LogP contribution in [0.2, 0.25) is 0 Å². The number of benzene rings is 1. The van der Waals surface area contributed by atoms with Crippen molar-refractivity contribution in [3.05, 3.63) is 41.6 Å². The molecule has 0 saturated heterocycles. The van der Waals surface area contributed by atoms with Gasteiger partial charge >= 0.3 is 0 Å². The molecule has 2 heterocycles. The summed E-state index contributed by atoms with van der Waals surface area (Å²) in [5.74, 6) is 1.06. The minimum atomic E-state index is -0.244. The number of para-hydroxylation sites is 1. The topological polar surface area (TPSA) is 38.1 Å². The molecule has 19 heavy (non-hydrogen) atoms. The van der Waals surface area contributed by atoms with Gasteiger partial charge in [0.1, 0.15) is 5.82 Å². The van der Waals surface area contributed by atoms with Gasteiger partial charge in [-0.05, 0) is 30.9 Å². The number of carbonyl (C=O) groups is 1. The van der Waals surface area contributed by atoms with Crippen molar-refractivity contribution in [2.75, 3.05) is 4.90 Å². The predicted molar refractivity (Wildman–Crippen MR) is 72.4 cm³/mol. The van der Waals surface area contributed by atoms with E-state index in [2.05, 4.69) is 24.2 Å². The molecule has 1 spiro atoms. The van der Waals surface area contributed by atoms with Crippen LogP contribution in [-0.4, -0.2) is 15.7 Å². The van der Waals surface area contributed by atoms with E-state index in [4.69, 9.17) is 0 Å². The summed E-state index contributed by atoms with van der Waals surface area (Å²) in [4.78, 5) is 14.7. The number of nitrogens with zero attached hydrogens (tertiary/aromatic N) is 3. The summed E-state index contributed by atoms with van der Waals surface area (Å²) >= 11 is 0. The molecule has 4 nitrogen and oxygen atoms in total. The number of aryl methyl sites for hydroxylation is 2. The molecular formula is C15H15N3O. The zero-order chi connectivity index (χ0) is 13.2. The molecule has 1 aromatic carbocycles. The highest BCUT2D eigenvalue weighted by molar-refractivity contribution is 6.14. The van der Waals surface area contributed by atoms with Crippen molar-refractivity contribution < 1.29 is 4.79 Å². The van der Waals surface area contributed by atoms with E-state index in [1.807, 2.05) is 24.1 Å². The molecule has 4 rings (SSSR count). The molecule has 1 fully saturated rings. The van der Waals surface area contributed by atoms with Gasteiger partial charge in [-0.1, -0.05) is 18.2 Å². The van der Waals surface area contributed by atoms with Crippen LogP contribution in [0.3, 0.4) is 0 Å². The Bertz CT molecular complexity index is 697. The minimum Gasteiger partial charge on any atom is -0.273 e. The summed E-state index contributed by atoms with van der Waals surface area (Å²) in [5.41, 5.74) is 3.16. The smallest absolute Gasteiger partial charge is 0.243 e. The van der Waals surface area contributed by atoms with Crippen LogP contribution in [0.5, 0.6) is 0 Å². The van der Waals surface area contributed by atoms with E-state index < -0.39 is 0 Å². The SMILES string of the molecule is Cc1cccc2c1N(c1ccnn1C)C(=O)C21CC1. The lowest BCUT2D eigenvalue weighted by Crippen LogP contribution is -2.29. The fourth-order valence-electron chi connectivity index (χ4n) is 3.19. The maximum absolute atomic E-state index is 12.8. The largest absolute Gasteiger partial charge is 0.273 e. The molecule has 1 amide bonds. The van der Waals surface area contributed by atoms with Crippen LogP contribution in [0, 0.1) is 6.92 Å². The molecule has 1 aliphatic heterocycles. The summed E-state index contributed by atoms with van der Waals surface area (Å²) < 4.78 is 1.76. The van der Waals surface area contributed by atoms with E-state index in [0.717, 1.165) is 29.9 Å². The molecule has 1 aliphatic carbocycles. The van der Waals surface area contributed by atoms with Gasteiger partial charge in [0.2, 0.25) is 5.91 Å². The fraction of sp³-hybridized carbons (Fsp3) is 0.333. The molecule has 0 radical (unpaired) electrons. The van der Waals surface area contributed by atoms with Gasteiger partial charge in [0.05, 0.1) is 17.3 Å². The molecule has 1 aromatic heterocycles. The van der Waals surface area contributed by atoms with E-state index in [0.29, 0.717) is 0 Å². The highest BCUT2D eigenvalue weighted by Crippen LogP contribution is 2.59. The third-order valence-electron chi connectivity index (χ3n) is 4.36. The van der Waals surface area contributed by atoms with Crippen LogP contribution < -0.4 is 4.90 Å². The lowest BCUT2D eigenvalue weighted by Gasteiger charge is -2.19. The number of amides is 1. The second-order valence-corrected chi connectivity index (χ2v) is 5.51. The summed E-state index contributed by atoms with van der Waals surface area (Å²) in [7, 11) is 1.87. The Morgan fingerprint density at radius 2 is 2.05 bits per heavy atom. The van der Waals surface area contributed by atoms with Crippen LogP contribution >= 0.6 is 0 Å². The second kappa shape index (κ2) is 3.26. The van der Waals surface area contributed by atoms with Crippen LogP contribution in [-0.2, 0) is 17.3 Å². The Kier molecular flexibility index (Phi) is 1.85. The van der Waals surface area contributed by atoms with Crippen molar-refractivity contribution >= 4 is 17.4 Å². The Balaban J connectivity index is 2.00. The first-order valence-corrected chi connectivity index (χ1v) is 6.58. The summed E-state index contributed by atoms with van der Waals surface area (Å²) in [6.45, 7) is 2.07. The van der Waals surface area contributed by atoms with Crippen molar-refractivity contribution in [3.8, 4) is 0 Å². The number of aromatic nitrogens is 2. The third kappa shape index (κ3) is 1.19. The lowest BCUT2D eigenvalue weighted by molar-refractivity contribution is -0.119. The zero-order valence-electron chi connectivity index (χ0n) is 11.1. The first-order chi connectivity index (χ1) is 9.15. The average molecular weight is 253 g/mol. The molecule has 0 N–H and O–H groups in total. The number of anilines is 2. The summed E-state index contributed by atoms with van der Waals surface area (Å²) in [6, 6.07) is 8.12. The van der Waals surface area contributed by atoms with Gasteiger partial charge in [-0.2, -0.15) is 5.10 Å². The maximum Gasteiger partial charge on any atom is 0.243 e. The van der Waals surface area contributed by atoms with Crippen LogP contribution in [0.25, 0.3) is 0 Å². The van der Waals surface area contributed by atoms with E-state index in [1.165, 1.54) is 5.56 Å². The molecule has 0 bridgehead atoms. The minimum absolute atomic E-state index is 0.209. The zero-order valence-corrected chi connectivity index (χ0v) is 11.1. The Morgan fingerprint density at radius 1 is 1.26 bits per heavy atom. The van der Waals surface area contributed by atoms with Crippen LogP contribution in [0.1, 0.15) is 24.0 Å². The van der Waals surface area contributed by atoms with Gasteiger partial charge in [0, 0.05) is 13.1 Å². The predicted octanol–water partition coefficient (Wildman–Crippen LogP) is 2.44. The first kappa shape index (κ1) is 10.8. The van der Waals surface area contributed by atoms with Crippen LogP contribution in [0.4, 0.5) is 11.5 Å². The number of hydrogen-bond donors (Lipinski definition) is 0. The molecule has 0 atom stereocenters. The normalized spacial score (nSPS) is 19.1. The molecule has 0 unspecified atom stereocenters. The summed E-state index contributed by atoms with van der Waals surface area (Å²) in [6.07, 6.45) is 3.67. The quantitative estimate of drug-likeness (QED) is 0.783. The molecule has 1 saturated carbocycles. The van der Waals surface area contributed by atoms with E-state index in [1.54, 1.807) is 10.9 Å². The van der Waals surface area contributed by atoms with Crippen molar-refractivity contribution in [2.45, 2.75) is 25.2 Å². The van der Waals surface area contributed by atoms with Crippen molar-refractivity contribution in [2.24, 2.45) is 7.05 Å². The number of carbonyl (C=O) groups excluding carboxylic acids is 1. The second-order valence-electron chi connectivity index (χ2n) is 5.51. The van der Waals surface area contributed by atoms with E-state index >= 15 is 0 Å².